The highest BCUT2D eigenvalue weighted by molar-refractivity contribution is 5.79. The number of nitrogens with one attached hydrogen (secondary N) is 2. The van der Waals surface area contributed by atoms with Crippen molar-refractivity contribution in [2.24, 2.45) is 10.9 Å². The van der Waals surface area contributed by atoms with Gasteiger partial charge in [-0.1, -0.05) is 19.9 Å². The molecule has 0 fully saturated rings. The van der Waals surface area contributed by atoms with Crippen LogP contribution >= 0.6 is 0 Å². The van der Waals surface area contributed by atoms with Gasteiger partial charge in [0.05, 0.1) is 6.10 Å². The Hall–Kier alpha value is -1.82. The van der Waals surface area contributed by atoms with Gasteiger partial charge in [-0.25, -0.2) is 4.98 Å². The van der Waals surface area contributed by atoms with Crippen molar-refractivity contribution in [2.75, 3.05) is 39.2 Å². The predicted molar refractivity (Wildman–Crippen MR) is 102 cm³/mol. The van der Waals surface area contributed by atoms with E-state index >= 15 is 0 Å². The molecule has 0 saturated carbocycles. The van der Waals surface area contributed by atoms with Gasteiger partial charge in [-0.05, 0) is 25.3 Å². The molecule has 1 rings (SSSR count). The molecule has 0 aliphatic heterocycles. The Morgan fingerprint density at radius 2 is 2.08 bits per heavy atom. The first-order chi connectivity index (χ1) is 11.5. The third kappa shape index (κ3) is 6.74. The first-order valence-corrected chi connectivity index (χ1v) is 8.66. The number of aromatic nitrogens is 1. The van der Waals surface area contributed by atoms with Gasteiger partial charge in [-0.2, -0.15) is 0 Å². The van der Waals surface area contributed by atoms with Crippen molar-refractivity contribution in [3.63, 3.8) is 0 Å². The van der Waals surface area contributed by atoms with Crippen molar-refractivity contribution in [1.29, 1.82) is 0 Å². The second-order valence-electron chi connectivity index (χ2n) is 6.26. The number of ether oxygens (including phenoxy) is 1. The lowest BCUT2D eigenvalue weighted by Crippen LogP contribution is -2.39. The summed E-state index contributed by atoms with van der Waals surface area (Å²) < 4.78 is 5.78. The molecule has 6 nitrogen and oxygen atoms in total. The molecule has 2 N–H and O–H groups in total. The number of hydrogen-bond donors (Lipinski definition) is 2. The summed E-state index contributed by atoms with van der Waals surface area (Å²) in [5.41, 5.74) is 1.14. The van der Waals surface area contributed by atoms with Gasteiger partial charge in [0.2, 0.25) is 0 Å². The fourth-order valence-electron chi connectivity index (χ4n) is 2.53. The van der Waals surface area contributed by atoms with E-state index in [1.165, 1.54) is 0 Å². The van der Waals surface area contributed by atoms with Crippen LogP contribution in [0.2, 0.25) is 0 Å². The van der Waals surface area contributed by atoms with Crippen molar-refractivity contribution in [3.05, 3.63) is 23.9 Å². The summed E-state index contributed by atoms with van der Waals surface area (Å²) >= 11 is 0. The molecule has 1 aromatic heterocycles. The molecule has 0 bridgehead atoms. The second-order valence-corrected chi connectivity index (χ2v) is 6.26. The average molecular weight is 335 g/mol. The van der Waals surface area contributed by atoms with E-state index in [9.17, 15) is 0 Å². The summed E-state index contributed by atoms with van der Waals surface area (Å²) in [5, 5.41) is 6.70. The molecule has 0 aliphatic rings. The van der Waals surface area contributed by atoms with Gasteiger partial charge < -0.3 is 20.3 Å². The van der Waals surface area contributed by atoms with Crippen LogP contribution in [0.15, 0.2) is 23.3 Å². The van der Waals surface area contributed by atoms with Crippen LogP contribution in [0.25, 0.3) is 0 Å². The maximum atomic E-state index is 5.78. The fourth-order valence-corrected chi connectivity index (χ4v) is 2.53. The zero-order valence-corrected chi connectivity index (χ0v) is 16.0. The van der Waals surface area contributed by atoms with E-state index in [2.05, 4.69) is 40.5 Å². The van der Waals surface area contributed by atoms with Gasteiger partial charge in [0.25, 0.3) is 0 Å². The Labute approximate surface area is 146 Å². The molecule has 0 amide bonds. The van der Waals surface area contributed by atoms with Gasteiger partial charge in [0.1, 0.15) is 5.82 Å². The smallest absolute Gasteiger partial charge is 0.191 e. The highest BCUT2D eigenvalue weighted by atomic mass is 16.5. The molecule has 1 heterocycles. The molecule has 0 saturated heterocycles. The van der Waals surface area contributed by atoms with Crippen molar-refractivity contribution in [2.45, 2.75) is 39.8 Å². The topological polar surface area (TPSA) is 61.8 Å². The highest BCUT2D eigenvalue weighted by Crippen LogP contribution is 2.13. The molecule has 0 aliphatic carbocycles. The summed E-state index contributed by atoms with van der Waals surface area (Å²) in [4.78, 5) is 10.7. The molecule has 0 spiro atoms. The predicted octanol–water partition coefficient (Wildman–Crippen LogP) is 2.26. The zero-order chi connectivity index (χ0) is 17.9. The van der Waals surface area contributed by atoms with E-state index in [4.69, 9.17) is 4.74 Å². The number of rotatable bonds is 9. The average Bonchev–Trinajstić information content (AvgIpc) is 2.56. The minimum Gasteiger partial charge on any atom is -0.378 e. The van der Waals surface area contributed by atoms with Gasteiger partial charge in [-0.3, -0.25) is 4.99 Å². The van der Waals surface area contributed by atoms with E-state index in [1.807, 2.05) is 38.2 Å². The number of nitrogens with zero attached hydrogens (tertiary/aromatic N) is 3. The molecule has 24 heavy (non-hydrogen) atoms. The van der Waals surface area contributed by atoms with Crippen molar-refractivity contribution in [1.82, 2.24) is 15.6 Å². The van der Waals surface area contributed by atoms with Crippen LogP contribution < -0.4 is 15.5 Å². The fraction of sp³-hybridized carbons (Fsp3) is 0.667. The van der Waals surface area contributed by atoms with E-state index in [-0.39, 0.29) is 6.10 Å². The number of guanidine groups is 1. The van der Waals surface area contributed by atoms with Crippen LogP contribution in [0.5, 0.6) is 0 Å². The van der Waals surface area contributed by atoms with Crippen LogP contribution in [0.1, 0.15) is 32.8 Å². The van der Waals surface area contributed by atoms with E-state index in [1.54, 1.807) is 7.05 Å². The minimum absolute atomic E-state index is 0.277. The largest absolute Gasteiger partial charge is 0.378 e. The van der Waals surface area contributed by atoms with Crippen molar-refractivity contribution < 1.29 is 4.74 Å². The Morgan fingerprint density at radius 3 is 2.67 bits per heavy atom. The summed E-state index contributed by atoms with van der Waals surface area (Å²) in [6.07, 6.45) is 3.05. The molecule has 1 aromatic rings. The molecule has 0 aromatic carbocycles. The number of pyridine rings is 1. The standard InChI is InChI=1S/C18H33N5O/c1-7-24-16(14(2)3)10-12-21-18(19-4)22-13-15-9-8-11-20-17(15)23(5)6/h8-9,11,14,16H,7,10,12-13H2,1-6H3,(H2,19,21,22). The summed E-state index contributed by atoms with van der Waals surface area (Å²) in [6, 6.07) is 4.03. The van der Waals surface area contributed by atoms with E-state index < -0.39 is 0 Å². The molecular weight excluding hydrogens is 302 g/mol. The lowest BCUT2D eigenvalue weighted by atomic mass is 10.0. The molecule has 1 atom stereocenters. The summed E-state index contributed by atoms with van der Waals surface area (Å²) in [6.45, 7) is 8.69. The Balaban J connectivity index is 2.49. The van der Waals surface area contributed by atoms with Gasteiger partial charge in [0, 0.05) is 52.6 Å². The maximum Gasteiger partial charge on any atom is 0.191 e. The van der Waals surface area contributed by atoms with Gasteiger partial charge in [0.15, 0.2) is 5.96 Å². The lowest BCUT2D eigenvalue weighted by molar-refractivity contribution is 0.0258. The maximum absolute atomic E-state index is 5.78. The van der Waals surface area contributed by atoms with Crippen molar-refractivity contribution >= 4 is 11.8 Å². The molecule has 6 heteroatoms. The van der Waals surface area contributed by atoms with Gasteiger partial charge >= 0.3 is 0 Å². The first-order valence-electron chi connectivity index (χ1n) is 8.66. The van der Waals surface area contributed by atoms with Crippen LogP contribution in [0.4, 0.5) is 5.82 Å². The monoisotopic (exact) mass is 335 g/mol. The third-order valence-electron chi connectivity index (χ3n) is 3.81. The summed E-state index contributed by atoms with van der Waals surface area (Å²) in [5.74, 6) is 2.28. The van der Waals surface area contributed by atoms with Gasteiger partial charge in [-0.15, -0.1) is 0 Å². The Morgan fingerprint density at radius 1 is 1.33 bits per heavy atom. The van der Waals surface area contributed by atoms with E-state index in [0.29, 0.717) is 12.5 Å². The summed E-state index contributed by atoms with van der Waals surface area (Å²) in [7, 11) is 5.78. The van der Waals surface area contributed by atoms with Crippen LogP contribution in [0.3, 0.4) is 0 Å². The molecule has 136 valence electrons. The SMILES string of the molecule is CCOC(CCNC(=NC)NCc1cccnc1N(C)C)C(C)C. The normalized spacial score (nSPS) is 13.0. The second kappa shape index (κ2) is 10.9. The van der Waals surface area contributed by atoms with Crippen LogP contribution in [-0.2, 0) is 11.3 Å². The Kier molecular flexibility index (Phi) is 9.15. The number of hydrogen-bond acceptors (Lipinski definition) is 4. The Bertz CT molecular complexity index is 502. The third-order valence-corrected chi connectivity index (χ3v) is 3.81. The molecule has 0 radical (unpaired) electrons. The minimum atomic E-state index is 0.277. The highest BCUT2D eigenvalue weighted by Gasteiger charge is 2.13. The first kappa shape index (κ1) is 20.2. The molecule has 1 unspecified atom stereocenters. The van der Waals surface area contributed by atoms with Crippen LogP contribution in [-0.4, -0.2) is 51.3 Å². The number of anilines is 1. The quantitative estimate of drug-likeness (QED) is 0.535. The van der Waals surface area contributed by atoms with Crippen LogP contribution in [0, 0.1) is 5.92 Å². The van der Waals surface area contributed by atoms with Crippen molar-refractivity contribution in [3.8, 4) is 0 Å². The zero-order valence-electron chi connectivity index (χ0n) is 16.0. The van der Waals surface area contributed by atoms with E-state index in [0.717, 1.165) is 36.9 Å². The molecular formula is C18H33N5O. The number of aliphatic imine (C=N–C) groups is 1. The lowest BCUT2D eigenvalue weighted by Gasteiger charge is -2.22.